The third-order valence-electron chi connectivity index (χ3n) is 3.47. The Balaban J connectivity index is 2.27. The van der Waals surface area contributed by atoms with E-state index in [1.807, 2.05) is 20.8 Å². The van der Waals surface area contributed by atoms with Crippen molar-refractivity contribution in [2.75, 3.05) is 0 Å². The van der Waals surface area contributed by atoms with Gasteiger partial charge in [0, 0.05) is 12.4 Å². The molecule has 1 aromatic rings. The smallest absolute Gasteiger partial charge is 0.246 e. The van der Waals surface area contributed by atoms with E-state index in [2.05, 4.69) is 15.3 Å². The van der Waals surface area contributed by atoms with E-state index in [0.717, 1.165) is 0 Å². The normalized spacial score (nSPS) is 23.1. The van der Waals surface area contributed by atoms with Crippen molar-refractivity contribution in [3.05, 3.63) is 24.3 Å². The molecule has 1 aromatic heterocycles. The van der Waals surface area contributed by atoms with Crippen LogP contribution in [0.5, 0.6) is 0 Å². The van der Waals surface area contributed by atoms with Crippen LogP contribution in [0.15, 0.2) is 18.5 Å². The van der Waals surface area contributed by atoms with E-state index in [4.69, 9.17) is 0 Å². The first-order valence-corrected chi connectivity index (χ1v) is 6.91. The van der Waals surface area contributed by atoms with Gasteiger partial charge in [-0.1, -0.05) is 20.8 Å². The number of nitrogens with one attached hydrogen (secondary N) is 1. The van der Waals surface area contributed by atoms with Gasteiger partial charge in [0.15, 0.2) is 0 Å². The lowest BCUT2D eigenvalue weighted by Gasteiger charge is -2.40. The molecule has 1 aliphatic heterocycles. The molecule has 2 unspecified atom stereocenters. The van der Waals surface area contributed by atoms with Crippen LogP contribution in [0.4, 0.5) is 0 Å². The minimum atomic E-state index is -0.464. The van der Waals surface area contributed by atoms with Crippen molar-refractivity contribution in [3.63, 3.8) is 0 Å². The second-order valence-electron chi connectivity index (χ2n) is 5.29. The zero-order valence-electron chi connectivity index (χ0n) is 12.0. The Hall–Kier alpha value is -1.98. The highest BCUT2D eigenvalue weighted by atomic mass is 16.2. The van der Waals surface area contributed by atoms with E-state index >= 15 is 0 Å². The Bertz CT molecular complexity index is 489. The summed E-state index contributed by atoms with van der Waals surface area (Å²) < 4.78 is 0. The standard InChI is InChI=1S/C14H20N4O2/c1-4-10-14(20)18(8-11-15-6-5-7-16-11)12(9(2)3)13(19)17-10/h5-7,9-10,12H,4,8H2,1-3H3,(H,17,19). The van der Waals surface area contributed by atoms with E-state index < -0.39 is 12.1 Å². The van der Waals surface area contributed by atoms with E-state index in [9.17, 15) is 9.59 Å². The summed E-state index contributed by atoms with van der Waals surface area (Å²) in [5, 5.41) is 2.79. The molecule has 1 N–H and O–H groups in total. The molecule has 2 heterocycles. The Morgan fingerprint density at radius 1 is 1.30 bits per heavy atom. The molecule has 1 fully saturated rings. The Kier molecular flexibility index (Phi) is 4.32. The fourth-order valence-corrected chi connectivity index (χ4v) is 2.48. The van der Waals surface area contributed by atoms with Gasteiger partial charge in [-0.25, -0.2) is 9.97 Å². The summed E-state index contributed by atoms with van der Waals surface area (Å²) in [5.41, 5.74) is 0. The van der Waals surface area contributed by atoms with Crippen molar-refractivity contribution < 1.29 is 9.59 Å². The summed E-state index contributed by atoms with van der Waals surface area (Å²) in [5.74, 6) is 0.442. The van der Waals surface area contributed by atoms with Crippen LogP contribution in [0.3, 0.4) is 0 Å². The third kappa shape index (κ3) is 2.79. The van der Waals surface area contributed by atoms with Crippen molar-refractivity contribution in [1.82, 2.24) is 20.2 Å². The summed E-state index contributed by atoms with van der Waals surface area (Å²) >= 11 is 0. The number of aromatic nitrogens is 2. The summed E-state index contributed by atoms with van der Waals surface area (Å²) in [6.07, 6.45) is 3.86. The number of hydrogen-bond acceptors (Lipinski definition) is 4. The predicted octanol–water partition coefficient (Wildman–Crippen LogP) is 0.738. The number of amides is 2. The second-order valence-corrected chi connectivity index (χ2v) is 5.29. The number of piperazine rings is 1. The number of hydrogen-bond donors (Lipinski definition) is 1. The van der Waals surface area contributed by atoms with Gasteiger partial charge in [0.2, 0.25) is 11.8 Å². The Morgan fingerprint density at radius 3 is 2.50 bits per heavy atom. The van der Waals surface area contributed by atoms with E-state index in [1.165, 1.54) is 0 Å². The van der Waals surface area contributed by atoms with Crippen molar-refractivity contribution in [2.24, 2.45) is 5.92 Å². The van der Waals surface area contributed by atoms with Gasteiger partial charge in [-0.15, -0.1) is 0 Å². The largest absolute Gasteiger partial charge is 0.343 e. The van der Waals surface area contributed by atoms with Crippen LogP contribution < -0.4 is 5.32 Å². The molecule has 1 saturated heterocycles. The lowest BCUT2D eigenvalue weighted by atomic mass is 9.96. The van der Waals surface area contributed by atoms with Crippen molar-refractivity contribution in [1.29, 1.82) is 0 Å². The lowest BCUT2D eigenvalue weighted by Crippen LogP contribution is -2.64. The average Bonchev–Trinajstić information content (AvgIpc) is 2.43. The first-order valence-electron chi connectivity index (χ1n) is 6.91. The number of carbonyl (C=O) groups is 2. The zero-order valence-corrected chi connectivity index (χ0v) is 12.0. The van der Waals surface area contributed by atoms with Gasteiger partial charge < -0.3 is 10.2 Å². The van der Waals surface area contributed by atoms with Crippen LogP contribution in [-0.4, -0.2) is 38.8 Å². The summed E-state index contributed by atoms with van der Waals surface area (Å²) in [6.45, 7) is 6.02. The lowest BCUT2D eigenvalue weighted by molar-refractivity contribution is -0.152. The summed E-state index contributed by atoms with van der Waals surface area (Å²) in [6, 6.07) is 0.818. The fourth-order valence-electron chi connectivity index (χ4n) is 2.48. The van der Waals surface area contributed by atoms with Gasteiger partial charge in [-0.2, -0.15) is 0 Å². The SMILES string of the molecule is CCC1NC(=O)C(C(C)C)N(Cc2ncccn2)C1=O. The number of nitrogens with zero attached hydrogens (tertiary/aromatic N) is 3. The molecule has 6 heteroatoms. The van der Waals surface area contributed by atoms with Crippen LogP contribution in [-0.2, 0) is 16.1 Å². The van der Waals surface area contributed by atoms with Gasteiger partial charge in [-0.05, 0) is 18.4 Å². The van der Waals surface area contributed by atoms with Gasteiger partial charge in [0.1, 0.15) is 17.9 Å². The zero-order chi connectivity index (χ0) is 14.7. The van der Waals surface area contributed by atoms with Gasteiger partial charge in [-0.3, -0.25) is 9.59 Å². The quantitative estimate of drug-likeness (QED) is 0.880. The third-order valence-corrected chi connectivity index (χ3v) is 3.47. The van der Waals surface area contributed by atoms with Crippen LogP contribution in [0.2, 0.25) is 0 Å². The molecule has 0 radical (unpaired) electrons. The topological polar surface area (TPSA) is 75.2 Å². The maximum Gasteiger partial charge on any atom is 0.246 e. The second kappa shape index (κ2) is 5.98. The number of rotatable bonds is 4. The molecule has 2 rings (SSSR count). The highest BCUT2D eigenvalue weighted by Crippen LogP contribution is 2.20. The molecule has 2 atom stereocenters. The van der Waals surface area contributed by atoms with Gasteiger partial charge in [0.05, 0.1) is 6.54 Å². The molecule has 6 nitrogen and oxygen atoms in total. The molecule has 0 aliphatic carbocycles. The minimum Gasteiger partial charge on any atom is -0.343 e. The fraction of sp³-hybridized carbons (Fsp3) is 0.571. The molecule has 0 saturated carbocycles. The van der Waals surface area contributed by atoms with Gasteiger partial charge >= 0.3 is 0 Å². The molecule has 0 spiro atoms. The molecular weight excluding hydrogens is 256 g/mol. The van der Waals surface area contributed by atoms with Crippen LogP contribution in [0.25, 0.3) is 0 Å². The maximum atomic E-state index is 12.5. The molecular formula is C14H20N4O2. The van der Waals surface area contributed by atoms with Crippen molar-refractivity contribution in [2.45, 2.75) is 45.8 Å². The van der Waals surface area contributed by atoms with E-state index in [0.29, 0.717) is 12.2 Å². The maximum absolute atomic E-state index is 12.5. The molecule has 1 aliphatic rings. The van der Waals surface area contributed by atoms with Gasteiger partial charge in [0.25, 0.3) is 0 Å². The Labute approximate surface area is 118 Å². The van der Waals surface area contributed by atoms with Crippen molar-refractivity contribution >= 4 is 11.8 Å². The molecule has 2 amide bonds. The average molecular weight is 276 g/mol. The monoisotopic (exact) mass is 276 g/mol. The highest BCUT2D eigenvalue weighted by Gasteiger charge is 2.41. The predicted molar refractivity (Wildman–Crippen MR) is 73.4 cm³/mol. The van der Waals surface area contributed by atoms with E-state index in [-0.39, 0.29) is 24.3 Å². The summed E-state index contributed by atoms with van der Waals surface area (Å²) in [4.78, 5) is 34.6. The van der Waals surface area contributed by atoms with Crippen LogP contribution >= 0.6 is 0 Å². The highest BCUT2D eigenvalue weighted by molar-refractivity contribution is 5.97. The Morgan fingerprint density at radius 2 is 1.95 bits per heavy atom. The molecule has 20 heavy (non-hydrogen) atoms. The van der Waals surface area contributed by atoms with E-state index in [1.54, 1.807) is 23.4 Å². The van der Waals surface area contributed by atoms with Crippen LogP contribution in [0.1, 0.15) is 33.0 Å². The molecule has 108 valence electrons. The van der Waals surface area contributed by atoms with Crippen LogP contribution in [0, 0.1) is 5.92 Å². The number of carbonyl (C=O) groups excluding carboxylic acids is 2. The summed E-state index contributed by atoms with van der Waals surface area (Å²) in [7, 11) is 0. The first-order chi connectivity index (χ1) is 9.54. The molecule has 0 aromatic carbocycles. The minimum absolute atomic E-state index is 0.0421. The van der Waals surface area contributed by atoms with Crippen molar-refractivity contribution in [3.8, 4) is 0 Å². The first kappa shape index (κ1) is 14.4. The molecule has 0 bridgehead atoms.